The number of furan rings is 1. The van der Waals surface area contributed by atoms with Gasteiger partial charge in [0, 0.05) is 5.69 Å². The molecule has 0 N–H and O–H groups in total. The third-order valence-corrected chi connectivity index (χ3v) is 3.53. The van der Waals surface area contributed by atoms with E-state index in [2.05, 4.69) is 20.8 Å². The zero-order chi connectivity index (χ0) is 18.8. The number of benzene rings is 1. The Labute approximate surface area is 146 Å². The van der Waals surface area contributed by atoms with E-state index in [1.165, 1.54) is 12.3 Å². The molecule has 0 fully saturated rings. The van der Waals surface area contributed by atoms with Crippen LogP contribution in [0.3, 0.4) is 0 Å². The summed E-state index contributed by atoms with van der Waals surface area (Å²) in [5.41, 5.74) is -2.28. The first-order valence-corrected chi connectivity index (χ1v) is 7.42. The van der Waals surface area contributed by atoms with Crippen molar-refractivity contribution in [2.75, 3.05) is 11.4 Å². The van der Waals surface area contributed by atoms with Crippen LogP contribution in [0.1, 0.15) is 11.3 Å². The molecule has 1 aromatic heterocycles. The van der Waals surface area contributed by atoms with Crippen molar-refractivity contribution in [1.29, 1.82) is 0 Å². The summed E-state index contributed by atoms with van der Waals surface area (Å²) in [5.74, 6) is 0.138. The summed E-state index contributed by atoms with van der Waals surface area (Å²) in [4.78, 5) is 3.47. The Kier molecular flexibility index (Phi) is 5.37. The first-order valence-electron chi connectivity index (χ1n) is 6.63. The van der Waals surface area contributed by atoms with Gasteiger partial charge in [-0.1, -0.05) is 6.07 Å². The molecule has 25 heavy (non-hydrogen) atoms. The van der Waals surface area contributed by atoms with Crippen molar-refractivity contribution in [2.24, 2.45) is 0 Å². The van der Waals surface area contributed by atoms with Crippen LogP contribution in [0.15, 0.2) is 39.4 Å². The molecule has 0 amide bonds. The standard InChI is InChI=1S/C15H9BrF6N2O/c1-23-13-3-2-10(5-12(13)15(20,21)22)24(8-14(17,18)19)6-11-4-9(16)7-25-11/h2-5,7H,6,8H2. The maximum atomic E-state index is 13.0. The zero-order valence-electron chi connectivity index (χ0n) is 12.2. The molecule has 3 nitrogen and oxygen atoms in total. The quantitative estimate of drug-likeness (QED) is 0.429. The minimum absolute atomic E-state index is 0.138. The Bertz CT molecular complexity index is 791. The lowest BCUT2D eigenvalue weighted by Crippen LogP contribution is -2.33. The summed E-state index contributed by atoms with van der Waals surface area (Å²) in [6.45, 7) is 4.92. The van der Waals surface area contributed by atoms with Gasteiger partial charge in [-0.3, -0.25) is 0 Å². The van der Waals surface area contributed by atoms with E-state index in [1.807, 2.05) is 0 Å². The van der Waals surface area contributed by atoms with Gasteiger partial charge in [-0.05, 0) is 34.1 Å². The Hall–Kier alpha value is -2.15. The molecule has 10 heteroatoms. The molecule has 1 aromatic carbocycles. The molecule has 0 aliphatic rings. The Morgan fingerprint density at radius 1 is 1.12 bits per heavy atom. The summed E-state index contributed by atoms with van der Waals surface area (Å²) in [6.07, 6.45) is -8.24. The number of halogens is 7. The van der Waals surface area contributed by atoms with Crippen LogP contribution in [-0.2, 0) is 12.7 Å². The lowest BCUT2D eigenvalue weighted by atomic mass is 10.1. The van der Waals surface area contributed by atoms with Gasteiger partial charge < -0.3 is 9.32 Å². The van der Waals surface area contributed by atoms with Crippen LogP contribution in [0.4, 0.5) is 37.7 Å². The lowest BCUT2D eigenvalue weighted by molar-refractivity contribution is -0.136. The van der Waals surface area contributed by atoms with Gasteiger partial charge in [0.1, 0.15) is 18.6 Å². The van der Waals surface area contributed by atoms with Gasteiger partial charge in [-0.15, -0.1) is 0 Å². The Morgan fingerprint density at radius 3 is 2.28 bits per heavy atom. The second-order valence-electron chi connectivity index (χ2n) is 5.01. The van der Waals surface area contributed by atoms with Crippen molar-refractivity contribution in [3.05, 3.63) is 57.7 Å². The first-order chi connectivity index (χ1) is 11.5. The van der Waals surface area contributed by atoms with E-state index in [0.29, 0.717) is 15.4 Å². The molecule has 0 saturated heterocycles. The summed E-state index contributed by atoms with van der Waals surface area (Å²) in [7, 11) is 0. The van der Waals surface area contributed by atoms with Gasteiger partial charge in [0.2, 0.25) is 0 Å². The van der Waals surface area contributed by atoms with E-state index in [-0.39, 0.29) is 18.0 Å². The highest BCUT2D eigenvalue weighted by Gasteiger charge is 2.36. The minimum atomic E-state index is -4.85. The van der Waals surface area contributed by atoms with Gasteiger partial charge in [0.05, 0.1) is 23.2 Å². The predicted octanol–water partition coefficient (Wildman–Crippen LogP) is 6.18. The zero-order valence-corrected chi connectivity index (χ0v) is 13.8. The van der Waals surface area contributed by atoms with Gasteiger partial charge in [-0.2, -0.15) is 26.3 Å². The van der Waals surface area contributed by atoms with Crippen LogP contribution < -0.4 is 4.90 Å². The molecule has 0 radical (unpaired) electrons. The van der Waals surface area contributed by atoms with Crippen molar-refractivity contribution in [1.82, 2.24) is 0 Å². The summed E-state index contributed by atoms with van der Waals surface area (Å²) < 4.78 is 83.1. The molecule has 0 aliphatic heterocycles. The number of hydrogen-bond donors (Lipinski definition) is 0. The molecule has 0 bridgehead atoms. The fourth-order valence-corrected chi connectivity index (χ4v) is 2.47. The number of rotatable bonds is 4. The Balaban J connectivity index is 2.44. The smallest absolute Gasteiger partial charge is 0.407 e. The second kappa shape index (κ2) is 7.00. The predicted molar refractivity (Wildman–Crippen MR) is 81.2 cm³/mol. The van der Waals surface area contributed by atoms with Crippen molar-refractivity contribution in [3.63, 3.8) is 0 Å². The monoisotopic (exact) mass is 426 g/mol. The lowest BCUT2D eigenvalue weighted by Gasteiger charge is -2.26. The van der Waals surface area contributed by atoms with Crippen molar-refractivity contribution in [2.45, 2.75) is 18.9 Å². The summed E-state index contributed by atoms with van der Waals surface area (Å²) >= 11 is 3.08. The second-order valence-corrected chi connectivity index (χ2v) is 5.93. The average molecular weight is 427 g/mol. The van der Waals surface area contributed by atoms with E-state index in [0.717, 1.165) is 12.1 Å². The van der Waals surface area contributed by atoms with Gasteiger partial charge in [-0.25, -0.2) is 4.85 Å². The fourth-order valence-electron chi connectivity index (χ4n) is 2.13. The van der Waals surface area contributed by atoms with E-state index >= 15 is 0 Å². The fraction of sp³-hybridized carbons (Fsp3) is 0.267. The van der Waals surface area contributed by atoms with Crippen LogP contribution in [-0.4, -0.2) is 12.7 Å². The third-order valence-electron chi connectivity index (χ3n) is 3.11. The van der Waals surface area contributed by atoms with Crippen LogP contribution in [0.2, 0.25) is 0 Å². The SMILES string of the molecule is [C-]#[N+]c1ccc(N(Cc2cc(Br)co2)CC(F)(F)F)cc1C(F)(F)F. The average Bonchev–Trinajstić information content (AvgIpc) is 2.89. The van der Waals surface area contributed by atoms with Gasteiger partial charge in [0.15, 0.2) is 5.69 Å². The topological polar surface area (TPSA) is 20.7 Å². The van der Waals surface area contributed by atoms with E-state index in [1.54, 1.807) is 0 Å². The van der Waals surface area contributed by atoms with Crippen molar-refractivity contribution < 1.29 is 30.8 Å². The highest BCUT2D eigenvalue weighted by molar-refractivity contribution is 9.10. The first kappa shape index (κ1) is 19.2. The molecule has 0 aliphatic carbocycles. The molecule has 0 spiro atoms. The van der Waals surface area contributed by atoms with E-state index < -0.39 is 30.1 Å². The van der Waals surface area contributed by atoms with E-state index in [4.69, 9.17) is 11.0 Å². The minimum Gasteiger partial charge on any atom is -0.466 e. The number of alkyl halides is 6. The number of nitrogens with zero attached hydrogens (tertiary/aromatic N) is 2. The van der Waals surface area contributed by atoms with Crippen molar-refractivity contribution >= 4 is 27.3 Å². The van der Waals surface area contributed by atoms with Crippen molar-refractivity contribution in [3.8, 4) is 0 Å². The van der Waals surface area contributed by atoms with Crippen LogP contribution in [0.5, 0.6) is 0 Å². The molecular formula is C15H9BrF6N2O. The largest absolute Gasteiger partial charge is 0.466 e. The molecule has 2 aromatic rings. The highest BCUT2D eigenvalue weighted by Crippen LogP contribution is 2.39. The molecular weight excluding hydrogens is 418 g/mol. The molecule has 0 unspecified atom stereocenters. The number of hydrogen-bond acceptors (Lipinski definition) is 2. The summed E-state index contributed by atoms with van der Waals surface area (Å²) in [6, 6.07) is 3.86. The molecule has 2 rings (SSSR count). The van der Waals surface area contributed by atoms with Crippen LogP contribution in [0.25, 0.3) is 4.85 Å². The van der Waals surface area contributed by atoms with Crippen LogP contribution in [0, 0.1) is 6.57 Å². The number of anilines is 1. The Morgan fingerprint density at radius 2 is 1.80 bits per heavy atom. The van der Waals surface area contributed by atoms with Crippen LogP contribution >= 0.6 is 15.9 Å². The normalized spacial score (nSPS) is 12.1. The molecule has 0 atom stereocenters. The molecule has 134 valence electrons. The molecule has 1 heterocycles. The molecule has 0 saturated carbocycles. The summed E-state index contributed by atoms with van der Waals surface area (Å²) in [5, 5.41) is 0. The maximum Gasteiger partial charge on any atom is 0.407 e. The van der Waals surface area contributed by atoms with Gasteiger partial charge >= 0.3 is 12.4 Å². The maximum absolute atomic E-state index is 13.0. The third kappa shape index (κ3) is 5.16. The van der Waals surface area contributed by atoms with Gasteiger partial charge in [0.25, 0.3) is 0 Å². The van der Waals surface area contributed by atoms with E-state index in [9.17, 15) is 26.3 Å². The highest BCUT2D eigenvalue weighted by atomic mass is 79.9.